The number of hydrogen-bond donors (Lipinski definition) is 2. The van der Waals surface area contributed by atoms with Crippen LogP contribution >= 0.6 is 0 Å². The third kappa shape index (κ3) is 5.17. The predicted molar refractivity (Wildman–Crippen MR) is 206 cm³/mol. The number of allylic oxidation sites excluding steroid dienone is 10. The summed E-state index contributed by atoms with van der Waals surface area (Å²) in [6.07, 6.45) is 38.2. The molecule has 0 amide bonds. The largest absolute Gasteiger partial charge is 0.393 e. The van der Waals surface area contributed by atoms with Crippen LogP contribution in [0, 0.1) is 45.3 Å². The summed E-state index contributed by atoms with van der Waals surface area (Å²) in [4.78, 5) is 17.4. The average molecular weight is 697 g/mol. The lowest BCUT2D eigenvalue weighted by atomic mass is 9.49. The molecule has 4 fully saturated rings. The van der Waals surface area contributed by atoms with E-state index in [9.17, 15) is 10.2 Å². The van der Waals surface area contributed by atoms with Crippen molar-refractivity contribution in [1.82, 2.24) is 19.9 Å². The van der Waals surface area contributed by atoms with Crippen molar-refractivity contribution in [1.29, 1.82) is 0 Å². The van der Waals surface area contributed by atoms with Crippen LogP contribution in [-0.2, 0) is 0 Å². The zero-order valence-corrected chi connectivity index (χ0v) is 31.6. The molecule has 6 nitrogen and oxygen atoms in total. The molecular weight excluding hydrogens is 641 g/mol. The zero-order chi connectivity index (χ0) is 35.9. The summed E-state index contributed by atoms with van der Waals surface area (Å²) in [5, 5.41) is 20.3. The highest BCUT2D eigenvalue weighted by Gasteiger charge is 2.56. The lowest BCUT2D eigenvalue weighted by Crippen LogP contribution is -2.47. The van der Waals surface area contributed by atoms with Gasteiger partial charge in [-0.25, -0.2) is 9.97 Å². The molecule has 6 heteroatoms. The first-order chi connectivity index (χ1) is 25.0. The van der Waals surface area contributed by atoms with Crippen LogP contribution in [0.4, 0.5) is 0 Å². The first kappa shape index (κ1) is 34.3. The van der Waals surface area contributed by atoms with Gasteiger partial charge in [-0.2, -0.15) is 0 Å². The minimum absolute atomic E-state index is 0.104. The van der Waals surface area contributed by atoms with Crippen LogP contribution in [0.3, 0.4) is 0 Å². The van der Waals surface area contributed by atoms with Gasteiger partial charge in [0.15, 0.2) is 0 Å². The minimum atomic E-state index is -0.129. The molecule has 0 bridgehead atoms. The van der Waals surface area contributed by atoms with Gasteiger partial charge in [0.25, 0.3) is 0 Å². The van der Waals surface area contributed by atoms with E-state index in [-0.39, 0.29) is 33.9 Å². The first-order valence-electron chi connectivity index (χ1n) is 20.2. The van der Waals surface area contributed by atoms with Crippen molar-refractivity contribution in [2.45, 2.75) is 117 Å². The molecule has 52 heavy (non-hydrogen) atoms. The summed E-state index contributed by atoms with van der Waals surface area (Å²) in [6, 6.07) is 0. The number of fused-ring (bicyclic) bond motifs is 10. The number of rotatable bonds is 2. The fourth-order valence-corrected chi connectivity index (χ4v) is 13.0. The molecule has 0 unspecified atom stereocenters. The zero-order valence-electron chi connectivity index (χ0n) is 31.6. The molecular formula is C46H56N4O2. The maximum absolute atomic E-state index is 10.1. The molecule has 2 aromatic heterocycles. The predicted octanol–water partition coefficient (Wildman–Crippen LogP) is 9.43. The normalized spacial score (nSPS) is 41.3. The van der Waals surface area contributed by atoms with E-state index in [1.807, 2.05) is 18.6 Å². The van der Waals surface area contributed by atoms with E-state index in [0.717, 1.165) is 57.1 Å². The Hall–Kier alpha value is -3.48. The number of hydrogen-bond acceptors (Lipinski definition) is 6. The Bertz CT molecular complexity index is 1790. The molecule has 10 atom stereocenters. The second kappa shape index (κ2) is 12.6. The van der Waals surface area contributed by atoms with Gasteiger partial charge in [0, 0.05) is 41.2 Å². The molecule has 8 aliphatic rings. The third-order valence-corrected chi connectivity index (χ3v) is 16.0. The Labute approximate surface area is 310 Å². The van der Waals surface area contributed by atoms with Crippen molar-refractivity contribution in [2.24, 2.45) is 45.3 Å². The highest BCUT2D eigenvalue weighted by Crippen LogP contribution is 2.66. The number of nitrogens with zero attached hydrogens (tertiary/aromatic N) is 4. The molecule has 0 aromatic carbocycles. The molecule has 272 valence electrons. The van der Waals surface area contributed by atoms with Crippen LogP contribution in [0.1, 0.15) is 116 Å². The Morgan fingerprint density at radius 1 is 0.596 bits per heavy atom. The molecule has 2 N–H and O–H groups in total. The van der Waals surface area contributed by atoms with Gasteiger partial charge in [0.1, 0.15) is 6.33 Å². The maximum atomic E-state index is 10.1. The van der Waals surface area contributed by atoms with Gasteiger partial charge in [-0.1, -0.05) is 86.4 Å². The van der Waals surface area contributed by atoms with Crippen molar-refractivity contribution >= 4 is 11.1 Å². The Morgan fingerprint density at radius 2 is 1.13 bits per heavy atom. The van der Waals surface area contributed by atoms with Gasteiger partial charge < -0.3 is 10.2 Å². The maximum Gasteiger partial charge on any atom is 0.115 e. The molecule has 0 radical (unpaired) electrons. The van der Waals surface area contributed by atoms with E-state index in [1.54, 1.807) is 29.9 Å². The second-order valence-electron chi connectivity index (χ2n) is 18.3. The fraction of sp³-hybridized carbons (Fsp3) is 0.565. The van der Waals surface area contributed by atoms with Gasteiger partial charge in [-0.05, 0) is 123 Å². The van der Waals surface area contributed by atoms with Crippen molar-refractivity contribution in [3.8, 4) is 0 Å². The van der Waals surface area contributed by atoms with Gasteiger partial charge in [0.2, 0.25) is 0 Å². The van der Waals surface area contributed by atoms with Crippen molar-refractivity contribution in [2.75, 3.05) is 0 Å². The van der Waals surface area contributed by atoms with Crippen LogP contribution < -0.4 is 0 Å². The molecule has 0 spiro atoms. The topological polar surface area (TPSA) is 92.0 Å². The summed E-state index contributed by atoms with van der Waals surface area (Å²) in [7, 11) is 0. The first-order valence-corrected chi connectivity index (χ1v) is 20.2. The van der Waals surface area contributed by atoms with Gasteiger partial charge in [0.05, 0.1) is 24.1 Å². The molecule has 0 saturated heterocycles. The van der Waals surface area contributed by atoms with Crippen molar-refractivity contribution < 1.29 is 10.2 Å². The highest BCUT2D eigenvalue weighted by molar-refractivity contribution is 5.78. The molecule has 4 saturated carbocycles. The van der Waals surface area contributed by atoms with E-state index in [0.29, 0.717) is 23.7 Å². The van der Waals surface area contributed by atoms with E-state index in [4.69, 9.17) is 0 Å². The average Bonchev–Trinajstić information content (AvgIpc) is 3.70. The van der Waals surface area contributed by atoms with Crippen LogP contribution in [0.5, 0.6) is 0 Å². The van der Waals surface area contributed by atoms with Gasteiger partial charge in [-0.15, -0.1) is 0 Å². The second-order valence-corrected chi connectivity index (χ2v) is 18.3. The van der Waals surface area contributed by atoms with Crippen LogP contribution in [0.2, 0.25) is 0 Å². The van der Waals surface area contributed by atoms with E-state index in [2.05, 4.69) is 84.1 Å². The van der Waals surface area contributed by atoms with Crippen molar-refractivity contribution in [3.63, 3.8) is 0 Å². The Balaban J connectivity index is 0.000000138. The number of aromatic nitrogens is 4. The number of aliphatic hydroxyl groups is 2. The standard InChI is InChI=1S/2C23H28N2O/c1-22-9-7-17(26)11-16(22)3-4-18-20-6-5-19(15-12-24-14-25-13-15)23(20,2)10-8-21(18)22;1-22-9-7-16(26)13-15(22)3-4-17-18-5-6-20(21-14-24-11-12-25-21)23(18,2)10-8-19(17)22/h3,5-6,12-14,17-18,21,26H,4,7-11H2,1-2H3;3,5-6,11-12,14,16-17,19,26H,4,7-10,13H2,1-2H3/t17-,18-,21-,22-,23+;16-,17-,19-,22-,23-/m00/s1. The van der Waals surface area contributed by atoms with Gasteiger partial charge in [-0.3, -0.25) is 9.97 Å². The summed E-state index contributed by atoms with van der Waals surface area (Å²) in [5.74, 6) is 2.69. The lowest BCUT2D eigenvalue weighted by molar-refractivity contribution is 0.0369. The number of aliphatic hydroxyl groups excluding tert-OH is 2. The smallest absolute Gasteiger partial charge is 0.115 e. The minimum Gasteiger partial charge on any atom is -0.393 e. The molecule has 2 aromatic rings. The monoisotopic (exact) mass is 696 g/mol. The molecule has 10 rings (SSSR count). The third-order valence-electron chi connectivity index (χ3n) is 16.0. The SMILES string of the molecule is C[C@]12CC[C@H]3[C@@H](CC=C4C[C@@H](O)CC[C@@]43C)C1=CC=C2c1cnccn1.C[C@]12CC[C@H]3[C@@H](CC=C4C[C@@H](O)CC[C@@]43C)C1=CC=C2c1cncnc1. The van der Waals surface area contributed by atoms with Crippen LogP contribution in [0.25, 0.3) is 11.1 Å². The molecule has 0 aliphatic heterocycles. The summed E-state index contributed by atoms with van der Waals surface area (Å²) in [5.41, 5.74) is 12.0. The fourth-order valence-electron chi connectivity index (χ4n) is 13.0. The summed E-state index contributed by atoms with van der Waals surface area (Å²) < 4.78 is 0. The summed E-state index contributed by atoms with van der Waals surface area (Å²) in [6.45, 7) is 9.78. The molecule has 8 aliphatic carbocycles. The van der Waals surface area contributed by atoms with Gasteiger partial charge >= 0.3 is 0 Å². The lowest BCUT2D eigenvalue weighted by Gasteiger charge is -2.56. The van der Waals surface area contributed by atoms with Crippen LogP contribution in [-0.4, -0.2) is 42.4 Å². The van der Waals surface area contributed by atoms with E-state index >= 15 is 0 Å². The van der Waals surface area contributed by atoms with Crippen LogP contribution in [0.15, 0.2) is 96.1 Å². The Kier molecular flexibility index (Phi) is 8.28. The van der Waals surface area contributed by atoms with E-state index in [1.165, 1.54) is 53.5 Å². The van der Waals surface area contributed by atoms with Crippen molar-refractivity contribution in [3.05, 3.63) is 107 Å². The quantitative estimate of drug-likeness (QED) is 0.304. The van der Waals surface area contributed by atoms with E-state index < -0.39 is 0 Å². The molecule has 2 heterocycles. The highest BCUT2D eigenvalue weighted by atomic mass is 16.3. The Morgan fingerprint density at radius 3 is 1.67 bits per heavy atom. The summed E-state index contributed by atoms with van der Waals surface area (Å²) >= 11 is 0.